The maximum atomic E-state index is 13.4. The first-order chi connectivity index (χ1) is 13.1. The molecule has 1 atom stereocenters. The third-order valence-corrected chi connectivity index (χ3v) is 5.66. The Kier molecular flexibility index (Phi) is 4.70. The van der Waals surface area contributed by atoms with Crippen molar-refractivity contribution in [1.82, 2.24) is 14.9 Å². The molecule has 1 N–H and O–H groups in total. The lowest BCUT2D eigenvalue weighted by Gasteiger charge is -2.37. The van der Waals surface area contributed by atoms with Crippen molar-refractivity contribution in [2.24, 2.45) is 7.05 Å². The topological polar surface area (TPSA) is 56.1 Å². The van der Waals surface area contributed by atoms with Crippen LogP contribution in [0.15, 0.2) is 54.6 Å². The van der Waals surface area contributed by atoms with Gasteiger partial charge in [-0.3, -0.25) is 4.79 Å². The van der Waals surface area contributed by atoms with Gasteiger partial charge in [0.15, 0.2) is 0 Å². The molecular formula is C22H25N3O2. The number of ether oxygens (including phenoxy) is 1. The Morgan fingerprint density at radius 2 is 1.78 bits per heavy atom. The first kappa shape index (κ1) is 17.7. The molecule has 0 aliphatic carbocycles. The average molecular weight is 363 g/mol. The Hall–Kier alpha value is -2.66. The third-order valence-electron chi connectivity index (χ3n) is 5.66. The second-order valence-corrected chi connectivity index (χ2v) is 7.27. The van der Waals surface area contributed by atoms with Crippen LogP contribution in [0.5, 0.6) is 0 Å². The molecule has 3 aromatic rings. The maximum absolute atomic E-state index is 13.4. The van der Waals surface area contributed by atoms with Crippen LogP contribution < -0.4 is 5.32 Å². The maximum Gasteiger partial charge on any atom is 0.231 e. The monoisotopic (exact) mass is 363 g/mol. The number of benzene rings is 2. The molecular weight excluding hydrogens is 338 g/mol. The smallest absolute Gasteiger partial charge is 0.231 e. The summed E-state index contributed by atoms with van der Waals surface area (Å²) < 4.78 is 7.60. The van der Waals surface area contributed by atoms with Crippen LogP contribution in [0, 0.1) is 0 Å². The van der Waals surface area contributed by atoms with Crippen molar-refractivity contribution in [3.8, 4) is 0 Å². The minimum Gasteiger partial charge on any atom is -0.381 e. The van der Waals surface area contributed by atoms with Gasteiger partial charge in [-0.2, -0.15) is 0 Å². The molecule has 1 saturated heterocycles. The standard InChI is InChI=1S/C22H25N3O2/c1-16(20-24-18-10-6-7-11-19(18)25(20)2)23-21(26)22(12-14-27-15-13-22)17-8-4-3-5-9-17/h3-11,16H,12-15H2,1-2H3,(H,23,26)/t16-/m0/s1. The normalized spacial score (nSPS) is 17.6. The number of aryl methyl sites for hydroxylation is 1. The van der Waals surface area contributed by atoms with Crippen LogP contribution >= 0.6 is 0 Å². The molecule has 0 saturated carbocycles. The molecule has 1 aliphatic rings. The summed E-state index contributed by atoms with van der Waals surface area (Å²) in [6.07, 6.45) is 1.39. The van der Waals surface area contributed by atoms with E-state index in [0.29, 0.717) is 26.1 Å². The first-order valence-electron chi connectivity index (χ1n) is 9.47. The molecule has 1 aliphatic heterocycles. The van der Waals surface area contributed by atoms with E-state index in [1.807, 2.05) is 68.6 Å². The zero-order valence-corrected chi connectivity index (χ0v) is 15.8. The van der Waals surface area contributed by atoms with Crippen LogP contribution in [-0.4, -0.2) is 28.7 Å². The summed E-state index contributed by atoms with van der Waals surface area (Å²) in [5, 5.41) is 3.23. The summed E-state index contributed by atoms with van der Waals surface area (Å²) in [6.45, 7) is 3.20. The summed E-state index contributed by atoms with van der Waals surface area (Å²) in [7, 11) is 1.99. The Balaban J connectivity index is 1.63. The molecule has 0 unspecified atom stereocenters. The molecule has 4 rings (SSSR count). The van der Waals surface area contributed by atoms with E-state index in [0.717, 1.165) is 22.4 Å². The number of amides is 1. The summed E-state index contributed by atoms with van der Waals surface area (Å²) in [4.78, 5) is 18.2. The highest BCUT2D eigenvalue weighted by Crippen LogP contribution is 2.35. The Bertz CT molecular complexity index is 943. The van der Waals surface area contributed by atoms with Gasteiger partial charge in [0.2, 0.25) is 5.91 Å². The second-order valence-electron chi connectivity index (χ2n) is 7.27. The SMILES string of the molecule is C[C@H](NC(=O)C1(c2ccccc2)CCOCC1)c1nc2ccccc2n1C. The van der Waals surface area contributed by atoms with Gasteiger partial charge in [0, 0.05) is 20.3 Å². The lowest BCUT2D eigenvalue weighted by molar-refractivity contribution is -0.131. The lowest BCUT2D eigenvalue weighted by Crippen LogP contribution is -2.48. The summed E-state index contributed by atoms with van der Waals surface area (Å²) in [5.74, 6) is 0.913. The average Bonchev–Trinajstić information content (AvgIpc) is 3.06. The van der Waals surface area contributed by atoms with Crippen molar-refractivity contribution < 1.29 is 9.53 Å². The molecule has 2 aromatic carbocycles. The zero-order chi connectivity index (χ0) is 18.9. The first-order valence-corrected chi connectivity index (χ1v) is 9.47. The molecule has 27 heavy (non-hydrogen) atoms. The number of carbonyl (C=O) groups excluding carboxylic acids is 1. The van der Waals surface area contributed by atoms with Crippen LogP contribution in [0.25, 0.3) is 11.0 Å². The summed E-state index contributed by atoms with van der Waals surface area (Å²) in [6, 6.07) is 17.9. The van der Waals surface area contributed by atoms with E-state index in [9.17, 15) is 4.79 Å². The number of hydrogen-bond acceptors (Lipinski definition) is 3. The fraction of sp³-hybridized carbons (Fsp3) is 0.364. The number of imidazole rings is 1. The highest BCUT2D eigenvalue weighted by molar-refractivity contribution is 5.88. The van der Waals surface area contributed by atoms with Crippen molar-refractivity contribution in [2.45, 2.75) is 31.2 Å². The molecule has 140 valence electrons. The van der Waals surface area contributed by atoms with Crippen molar-refractivity contribution in [3.05, 3.63) is 66.0 Å². The van der Waals surface area contributed by atoms with Gasteiger partial charge in [-0.1, -0.05) is 42.5 Å². The number of nitrogens with one attached hydrogen (secondary N) is 1. The fourth-order valence-electron chi connectivity index (χ4n) is 4.07. The van der Waals surface area contributed by atoms with Gasteiger partial charge < -0.3 is 14.6 Å². The Morgan fingerprint density at radius 3 is 2.48 bits per heavy atom. The predicted molar refractivity (Wildman–Crippen MR) is 105 cm³/mol. The van der Waals surface area contributed by atoms with Gasteiger partial charge in [0.05, 0.1) is 22.5 Å². The number of para-hydroxylation sites is 2. The zero-order valence-electron chi connectivity index (χ0n) is 15.8. The van der Waals surface area contributed by atoms with Crippen molar-refractivity contribution >= 4 is 16.9 Å². The van der Waals surface area contributed by atoms with Crippen molar-refractivity contribution in [1.29, 1.82) is 0 Å². The van der Waals surface area contributed by atoms with E-state index in [1.54, 1.807) is 0 Å². The van der Waals surface area contributed by atoms with Gasteiger partial charge in [0.1, 0.15) is 5.82 Å². The van der Waals surface area contributed by atoms with Crippen molar-refractivity contribution in [3.63, 3.8) is 0 Å². The molecule has 1 amide bonds. The van der Waals surface area contributed by atoms with Crippen LogP contribution in [-0.2, 0) is 22.0 Å². The van der Waals surface area contributed by atoms with E-state index in [2.05, 4.69) is 9.88 Å². The minimum atomic E-state index is -0.543. The minimum absolute atomic E-state index is 0.0524. The van der Waals surface area contributed by atoms with E-state index in [4.69, 9.17) is 9.72 Å². The number of rotatable bonds is 4. The summed E-state index contributed by atoms with van der Waals surface area (Å²) >= 11 is 0. The predicted octanol–water partition coefficient (Wildman–Crippen LogP) is 3.50. The van der Waals surface area contributed by atoms with E-state index < -0.39 is 5.41 Å². The molecule has 1 fully saturated rings. The quantitative estimate of drug-likeness (QED) is 0.772. The number of fused-ring (bicyclic) bond motifs is 1. The van der Waals surface area contributed by atoms with Gasteiger partial charge in [-0.05, 0) is 37.5 Å². The Labute approximate surface area is 159 Å². The number of carbonyl (C=O) groups is 1. The van der Waals surface area contributed by atoms with Gasteiger partial charge in [-0.25, -0.2) is 4.98 Å². The van der Waals surface area contributed by atoms with Crippen LogP contribution in [0.2, 0.25) is 0 Å². The fourth-order valence-corrected chi connectivity index (χ4v) is 4.07. The van der Waals surface area contributed by atoms with E-state index in [-0.39, 0.29) is 11.9 Å². The van der Waals surface area contributed by atoms with Crippen LogP contribution in [0.4, 0.5) is 0 Å². The number of hydrogen-bond donors (Lipinski definition) is 1. The van der Waals surface area contributed by atoms with Gasteiger partial charge in [-0.15, -0.1) is 0 Å². The summed E-state index contributed by atoms with van der Waals surface area (Å²) in [5.41, 5.74) is 2.53. The van der Waals surface area contributed by atoms with Gasteiger partial charge in [0.25, 0.3) is 0 Å². The molecule has 5 nitrogen and oxygen atoms in total. The van der Waals surface area contributed by atoms with E-state index >= 15 is 0 Å². The van der Waals surface area contributed by atoms with Gasteiger partial charge >= 0.3 is 0 Å². The second kappa shape index (κ2) is 7.16. The van der Waals surface area contributed by atoms with Crippen LogP contribution in [0.1, 0.15) is 37.2 Å². The van der Waals surface area contributed by atoms with E-state index in [1.165, 1.54) is 0 Å². The van der Waals surface area contributed by atoms with Crippen molar-refractivity contribution in [2.75, 3.05) is 13.2 Å². The number of nitrogens with zero attached hydrogens (tertiary/aromatic N) is 2. The molecule has 0 spiro atoms. The molecule has 0 bridgehead atoms. The Morgan fingerprint density at radius 1 is 1.11 bits per heavy atom. The highest BCUT2D eigenvalue weighted by Gasteiger charge is 2.42. The number of aromatic nitrogens is 2. The van der Waals surface area contributed by atoms with Crippen LogP contribution in [0.3, 0.4) is 0 Å². The molecule has 1 aromatic heterocycles. The molecule has 2 heterocycles. The lowest BCUT2D eigenvalue weighted by atomic mass is 9.73. The third kappa shape index (κ3) is 3.12. The molecule has 5 heteroatoms. The highest BCUT2D eigenvalue weighted by atomic mass is 16.5. The largest absolute Gasteiger partial charge is 0.381 e. The molecule has 0 radical (unpaired) electrons.